The summed E-state index contributed by atoms with van der Waals surface area (Å²) in [6, 6.07) is 6.14. The summed E-state index contributed by atoms with van der Waals surface area (Å²) in [5.74, 6) is 0.843. The molecule has 0 amide bonds. The van der Waals surface area contributed by atoms with E-state index in [1.54, 1.807) is 0 Å². The topological polar surface area (TPSA) is 69.9 Å². The lowest BCUT2D eigenvalue weighted by Crippen LogP contribution is -2.41. The minimum Gasteiger partial charge on any atom is -0.480 e. The molecule has 1 aliphatic heterocycles. The maximum Gasteiger partial charge on any atom is 0.317 e. The quantitative estimate of drug-likeness (QED) is 0.866. The van der Waals surface area contributed by atoms with Crippen molar-refractivity contribution in [2.24, 2.45) is 5.92 Å². The highest BCUT2D eigenvalue weighted by Gasteiger charge is 2.21. The summed E-state index contributed by atoms with van der Waals surface area (Å²) in [5, 5.41) is 11.7. The van der Waals surface area contributed by atoms with Crippen molar-refractivity contribution in [3.63, 3.8) is 0 Å². The lowest BCUT2D eigenvalue weighted by Gasteiger charge is -2.34. The van der Waals surface area contributed by atoms with Crippen LogP contribution in [0.3, 0.4) is 0 Å². The Morgan fingerprint density at radius 3 is 3.24 bits per heavy atom. The van der Waals surface area contributed by atoms with Crippen LogP contribution in [0.1, 0.15) is 12.8 Å². The summed E-state index contributed by atoms with van der Waals surface area (Å²) in [6.45, 7) is 2.77. The molecular formula is C15H20N4O2. The SMILES string of the molecule is O=C(O)CNCC1CCCN(c2cccc3nccn23)C1. The van der Waals surface area contributed by atoms with Crippen molar-refractivity contribution in [1.82, 2.24) is 14.7 Å². The van der Waals surface area contributed by atoms with Crippen LogP contribution in [0.15, 0.2) is 30.6 Å². The average Bonchev–Trinajstić information content (AvgIpc) is 2.95. The van der Waals surface area contributed by atoms with E-state index in [1.165, 1.54) is 0 Å². The van der Waals surface area contributed by atoms with Gasteiger partial charge in [0.15, 0.2) is 0 Å². The van der Waals surface area contributed by atoms with E-state index in [4.69, 9.17) is 5.11 Å². The Balaban J connectivity index is 1.68. The first-order chi connectivity index (χ1) is 10.2. The number of nitrogens with one attached hydrogen (secondary N) is 1. The second-order valence-corrected chi connectivity index (χ2v) is 5.52. The van der Waals surface area contributed by atoms with Crippen molar-refractivity contribution in [3.8, 4) is 0 Å². The minimum atomic E-state index is -0.800. The number of fused-ring (bicyclic) bond motifs is 1. The van der Waals surface area contributed by atoms with Gasteiger partial charge in [-0.25, -0.2) is 4.98 Å². The van der Waals surface area contributed by atoms with E-state index < -0.39 is 5.97 Å². The molecule has 1 saturated heterocycles. The number of anilines is 1. The van der Waals surface area contributed by atoms with Crippen LogP contribution in [0.4, 0.5) is 5.82 Å². The third-order valence-electron chi connectivity index (χ3n) is 3.96. The molecule has 1 unspecified atom stereocenters. The summed E-state index contributed by atoms with van der Waals surface area (Å²) in [4.78, 5) is 17.2. The third-order valence-corrected chi connectivity index (χ3v) is 3.96. The summed E-state index contributed by atoms with van der Waals surface area (Å²) in [5.41, 5.74) is 0.957. The molecule has 2 aromatic rings. The van der Waals surface area contributed by atoms with Crippen molar-refractivity contribution in [1.29, 1.82) is 0 Å². The Morgan fingerprint density at radius 1 is 1.48 bits per heavy atom. The number of imidazole rings is 1. The number of carboxylic acid groups (broad SMARTS) is 1. The number of piperidine rings is 1. The average molecular weight is 288 g/mol. The molecule has 3 heterocycles. The van der Waals surface area contributed by atoms with Crippen LogP contribution in [-0.2, 0) is 4.79 Å². The zero-order chi connectivity index (χ0) is 14.7. The zero-order valence-electron chi connectivity index (χ0n) is 11.9. The molecule has 1 atom stereocenters. The molecule has 0 aromatic carbocycles. The second kappa shape index (κ2) is 6.13. The number of hydrogen-bond acceptors (Lipinski definition) is 4. The molecule has 2 aromatic heterocycles. The van der Waals surface area contributed by atoms with E-state index in [0.717, 1.165) is 43.9 Å². The van der Waals surface area contributed by atoms with Crippen LogP contribution in [-0.4, -0.2) is 46.6 Å². The van der Waals surface area contributed by atoms with Gasteiger partial charge in [0.2, 0.25) is 0 Å². The normalized spacial score (nSPS) is 19.0. The number of aromatic nitrogens is 2. The van der Waals surface area contributed by atoms with Gasteiger partial charge < -0.3 is 15.3 Å². The lowest BCUT2D eigenvalue weighted by molar-refractivity contribution is -0.136. The van der Waals surface area contributed by atoms with Gasteiger partial charge >= 0.3 is 5.97 Å². The molecule has 0 aliphatic carbocycles. The van der Waals surface area contributed by atoms with Crippen LogP contribution < -0.4 is 10.2 Å². The number of carbonyl (C=O) groups is 1. The molecule has 112 valence electrons. The largest absolute Gasteiger partial charge is 0.480 e. The van der Waals surface area contributed by atoms with Crippen molar-refractivity contribution in [2.75, 3.05) is 31.1 Å². The molecule has 2 N–H and O–H groups in total. The van der Waals surface area contributed by atoms with Crippen LogP contribution in [0.2, 0.25) is 0 Å². The van der Waals surface area contributed by atoms with Crippen molar-refractivity contribution in [3.05, 3.63) is 30.6 Å². The number of nitrogens with zero attached hydrogens (tertiary/aromatic N) is 3. The predicted molar refractivity (Wildman–Crippen MR) is 80.6 cm³/mol. The Morgan fingerprint density at radius 2 is 2.38 bits per heavy atom. The first-order valence-corrected chi connectivity index (χ1v) is 7.33. The van der Waals surface area contributed by atoms with E-state index in [1.807, 2.05) is 24.5 Å². The minimum absolute atomic E-state index is 0.0353. The summed E-state index contributed by atoms with van der Waals surface area (Å²) in [6.07, 6.45) is 6.07. The van der Waals surface area contributed by atoms with Crippen molar-refractivity contribution in [2.45, 2.75) is 12.8 Å². The molecular weight excluding hydrogens is 268 g/mol. The number of carboxylic acids is 1. The second-order valence-electron chi connectivity index (χ2n) is 5.52. The molecule has 3 rings (SSSR count). The molecule has 0 spiro atoms. The Hall–Kier alpha value is -2.08. The molecule has 6 nitrogen and oxygen atoms in total. The monoisotopic (exact) mass is 288 g/mol. The van der Waals surface area contributed by atoms with Crippen molar-refractivity contribution >= 4 is 17.4 Å². The van der Waals surface area contributed by atoms with Gasteiger partial charge in [0.25, 0.3) is 0 Å². The Labute approximate surface area is 123 Å². The van der Waals surface area contributed by atoms with E-state index >= 15 is 0 Å². The van der Waals surface area contributed by atoms with Gasteiger partial charge in [0.1, 0.15) is 11.5 Å². The highest BCUT2D eigenvalue weighted by Crippen LogP contribution is 2.23. The Bertz CT molecular complexity index is 625. The molecule has 1 aliphatic rings. The smallest absolute Gasteiger partial charge is 0.317 e. The fourth-order valence-electron chi connectivity index (χ4n) is 3.01. The number of rotatable bonds is 5. The maximum atomic E-state index is 10.6. The molecule has 0 saturated carbocycles. The first kappa shape index (κ1) is 13.9. The van der Waals surface area contributed by atoms with Crippen LogP contribution in [0.25, 0.3) is 5.65 Å². The fourth-order valence-corrected chi connectivity index (χ4v) is 3.01. The van der Waals surface area contributed by atoms with Gasteiger partial charge in [-0.05, 0) is 30.9 Å². The highest BCUT2D eigenvalue weighted by atomic mass is 16.4. The molecule has 21 heavy (non-hydrogen) atoms. The summed E-state index contributed by atoms with van der Waals surface area (Å²) >= 11 is 0. The fraction of sp³-hybridized carbons (Fsp3) is 0.467. The van der Waals surface area contributed by atoms with Crippen LogP contribution in [0, 0.1) is 5.92 Å². The zero-order valence-corrected chi connectivity index (χ0v) is 11.9. The van der Waals surface area contributed by atoms with Crippen LogP contribution in [0.5, 0.6) is 0 Å². The van der Waals surface area contributed by atoms with Gasteiger partial charge in [-0.2, -0.15) is 0 Å². The van der Waals surface area contributed by atoms with E-state index in [0.29, 0.717) is 5.92 Å². The summed E-state index contributed by atoms with van der Waals surface area (Å²) in [7, 11) is 0. The van der Waals surface area contributed by atoms with Gasteiger partial charge in [-0.1, -0.05) is 6.07 Å². The van der Waals surface area contributed by atoms with Gasteiger partial charge in [0, 0.05) is 32.0 Å². The van der Waals surface area contributed by atoms with Gasteiger partial charge in [0.05, 0.1) is 6.54 Å². The molecule has 6 heteroatoms. The maximum absolute atomic E-state index is 10.6. The molecule has 1 fully saturated rings. The lowest BCUT2D eigenvalue weighted by atomic mass is 9.98. The molecule has 0 radical (unpaired) electrons. The molecule has 0 bridgehead atoms. The third kappa shape index (κ3) is 3.16. The summed E-state index contributed by atoms with van der Waals surface area (Å²) < 4.78 is 2.10. The number of hydrogen-bond donors (Lipinski definition) is 2. The highest BCUT2D eigenvalue weighted by molar-refractivity contribution is 5.68. The van der Waals surface area contributed by atoms with E-state index in [-0.39, 0.29) is 6.54 Å². The standard InChI is InChI=1S/C15H20N4O2/c20-15(21)10-16-9-12-3-2-7-18(11-12)14-5-1-4-13-17-6-8-19(13)14/h1,4-6,8,12,16H,2-3,7,9-11H2,(H,20,21). The van der Waals surface area contributed by atoms with Gasteiger partial charge in [-0.3, -0.25) is 9.20 Å². The predicted octanol–water partition coefficient (Wildman–Crippen LogP) is 1.22. The van der Waals surface area contributed by atoms with Crippen LogP contribution >= 0.6 is 0 Å². The van der Waals surface area contributed by atoms with Crippen molar-refractivity contribution < 1.29 is 9.90 Å². The van der Waals surface area contributed by atoms with Gasteiger partial charge in [-0.15, -0.1) is 0 Å². The number of aliphatic carboxylic acids is 1. The number of pyridine rings is 1. The van der Waals surface area contributed by atoms with E-state index in [9.17, 15) is 4.79 Å². The van der Waals surface area contributed by atoms with E-state index in [2.05, 4.69) is 25.7 Å². The Kier molecular flexibility index (Phi) is 4.06. The first-order valence-electron chi connectivity index (χ1n) is 7.33.